The molecule has 8 heteroatoms. The number of carbonyl (C=O) groups excluding carboxylic acids is 2. The second-order valence-electron chi connectivity index (χ2n) is 7.02. The summed E-state index contributed by atoms with van der Waals surface area (Å²) in [7, 11) is 0. The zero-order valence-electron chi connectivity index (χ0n) is 16.2. The molecule has 0 saturated carbocycles. The van der Waals surface area contributed by atoms with Crippen LogP contribution in [0.2, 0.25) is 5.02 Å². The maximum Gasteiger partial charge on any atom is 0.268 e. The number of hydrazone groups is 1. The molecular formula is C23H17ClN4O2S. The van der Waals surface area contributed by atoms with Gasteiger partial charge < -0.3 is 5.32 Å². The Morgan fingerprint density at radius 2 is 1.58 bits per heavy atom. The number of carbonyl (C=O) groups is 2. The third-order valence-electron chi connectivity index (χ3n) is 5.03. The smallest absolute Gasteiger partial charge is 0.268 e. The fourth-order valence-corrected chi connectivity index (χ4v) is 4.96. The number of halogens is 1. The third kappa shape index (κ3) is 3.36. The van der Waals surface area contributed by atoms with Crippen molar-refractivity contribution in [1.82, 2.24) is 5.32 Å². The highest BCUT2D eigenvalue weighted by atomic mass is 35.5. The number of nitrogens with zero attached hydrogens (tertiary/aromatic N) is 3. The van der Waals surface area contributed by atoms with E-state index in [1.807, 2.05) is 60.7 Å². The summed E-state index contributed by atoms with van der Waals surface area (Å²) in [6.45, 7) is 0. The van der Waals surface area contributed by atoms with Crippen molar-refractivity contribution in [2.24, 2.45) is 5.10 Å². The summed E-state index contributed by atoms with van der Waals surface area (Å²) >= 11 is 7.46. The van der Waals surface area contributed by atoms with E-state index in [0.717, 1.165) is 5.69 Å². The van der Waals surface area contributed by atoms with Crippen LogP contribution in [0.25, 0.3) is 0 Å². The van der Waals surface area contributed by atoms with Crippen molar-refractivity contribution in [2.45, 2.75) is 5.12 Å². The Morgan fingerprint density at radius 3 is 2.19 bits per heavy atom. The lowest BCUT2D eigenvalue weighted by Gasteiger charge is -2.39. The first-order valence-electron chi connectivity index (χ1n) is 9.63. The lowest BCUT2D eigenvalue weighted by atomic mass is 10.1. The number of benzene rings is 3. The van der Waals surface area contributed by atoms with Gasteiger partial charge in [0.05, 0.1) is 11.4 Å². The minimum Gasteiger partial charge on any atom is -0.304 e. The van der Waals surface area contributed by atoms with Gasteiger partial charge in [-0.3, -0.25) is 14.5 Å². The number of hydrogen-bond donors (Lipinski definition) is 1. The number of nitrogens with one attached hydrogen (secondary N) is 1. The van der Waals surface area contributed by atoms with E-state index in [1.165, 1.54) is 11.8 Å². The number of amidine groups is 1. The topological polar surface area (TPSA) is 65.0 Å². The first-order valence-corrected chi connectivity index (χ1v) is 11.0. The van der Waals surface area contributed by atoms with Gasteiger partial charge in [-0.05, 0) is 36.4 Å². The van der Waals surface area contributed by atoms with Crippen LogP contribution >= 0.6 is 23.4 Å². The fourth-order valence-electron chi connectivity index (χ4n) is 3.65. The molecule has 1 fully saturated rings. The second kappa shape index (κ2) is 7.76. The summed E-state index contributed by atoms with van der Waals surface area (Å²) in [5, 5.41) is 8.96. The molecule has 2 aliphatic rings. The molecule has 3 aromatic rings. The summed E-state index contributed by atoms with van der Waals surface area (Å²) in [4.78, 5) is 27.8. The van der Waals surface area contributed by atoms with E-state index in [1.54, 1.807) is 34.2 Å². The molecule has 2 heterocycles. The number of hydrogen-bond acceptors (Lipinski definition) is 6. The number of amides is 1. The first-order chi connectivity index (χ1) is 15.1. The number of Topliss-reactive ketones (excluding diaryl/α,β-unsaturated/α-hetero) is 1. The van der Waals surface area contributed by atoms with Gasteiger partial charge in [-0.25, -0.2) is 5.01 Å². The number of thioether (sulfide) groups is 1. The van der Waals surface area contributed by atoms with Crippen LogP contribution in [-0.4, -0.2) is 28.4 Å². The molecule has 0 aromatic heterocycles. The molecule has 3 aromatic carbocycles. The average molecular weight is 449 g/mol. The van der Waals surface area contributed by atoms with Gasteiger partial charge in [-0.15, -0.1) is 5.10 Å². The lowest BCUT2D eigenvalue weighted by molar-refractivity contribution is -0.118. The molecule has 2 aliphatic heterocycles. The van der Waals surface area contributed by atoms with E-state index in [2.05, 4.69) is 5.32 Å². The Hall–Kier alpha value is -3.29. The predicted molar refractivity (Wildman–Crippen MR) is 124 cm³/mol. The zero-order chi connectivity index (χ0) is 21.4. The number of ketones is 1. The van der Waals surface area contributed by atoms with Gasteiger partial charge in [-0.2, -0.15) is 0 Å². The first kappa shape index (κ1) is 19.7. The molecule has 1 saturated heterocycles. The van der Waals surface area contributed by atoms with Crippen molar-refractivity contribution < 1.29 is 9.59 Å². The monoisotopic (exact) mass is 448 g/mol. The Kier molecular flexibility index (Phi) is 4.92. The van der Waals surface area contributed by atoms with E-state index in [4.69, 9.17) is 16.7 Å². The molecule has 0 bridgehead atoms. The molecule has 154 valence electrons. The number of rotatable bonds is 4. The normalized spacial score (nSPS) is 20.2. The molecule has 1 atom stereocenters. The van der Waals surface area contributed by atoms with Crippen LogP contribution in [0.15, 0.2) is 90.0 Å². The highest BCUT2D eigenvalue weighted by Crippen LogP contribution is 2.45. The Balaban J connectivity index is 1.70. The van der Waals surface area contributed by atoms with E-state index in [9.17, 15) is 9.59 Å². The Morgan fingerprint density at radius 1 is 0.935 bits per heavy atom. The molecule has 31 heavy (non-hydrogen) atoms. The largest absolute Gasteiger partial charge is 0.304 e. The van der Waals surface area contributed by atoms with Crippen molar-refractivity contribution in [3.05, 3.63) is 95.5 Å². The molecule has 0 radical (unpaired) electrons. The number of anilines is 2. The lowest BCUT2D eigenvalue weighted by Crippen LogP contribution is -2.62. The van der Waals surface area contributed by atoms with Gasteiger partial charge in [0.2, 0.25) is 17.5 Å². The molecule has 1 N–H and O–H groups in total. The average Bonchev–Trinajstić information content (AvgIpc) is 3.35. The van der Waals surface area contributed by atoms with Gasteiger partial charge in [0.25, 0.3) is 5.12 Å². The third-order valence-corrected chi connectivity index (χ3v) is 6.55. The van der Waals surface area contributed by atoms with Crippen LogP contribution in [0.5, 0.6) is 0 Å². The van der Waals surface area contributed by atoms with Gasteiger partial charge in [-0.1, -0.05) is 71.9 Å². The zero-order valence-corrected chi connectivity index (χ0v) is 17.8. The van der Waals surface area contributed by atoms with E-state index >= 15 is 0 Å². The molecule has 6 nitrogen and oxygen atoms in total. The van der Waals surface area contributed by atoms with Crippen LogP contribution in [0.4, 0.5) is 11.4 Å². The SMILES string of the molecule is O=C1CSC2(N1)N(c1ccc(Cl)cc1)N=C(C(=O)c1ccccc1)N2c1ccccc1. The summed E-state index contributed by atoms with van der Waals surface area (Å²) in [6.07, 6.45) is 0. The quantitative estimate of drug-likeness (QED) is 0.601. The predicted octanol–water partition coefficient (Wildman–Crippen LogP) is 4.34. The highest BCUT2D eigenvalue weighted by molar-refractivity contribution is 8.02. The van der Waals surface area contributed by atoms with Crippen LogP contribution in [0.3, 0.4) is 0 Å². The van der Waals surface area contributed by atoms with Crippen LogP contribution in [0, 0.1) is 0 Å². The van der Waals surface area contributed by atoms with Crippen molar-refractivity contribution in [3.8, 4) is 0 Å². The van der Waals surface area contributed by atoms with E-state index in [0.29, 0.717) is 16.3 Å². The number of para-hydroxylation sites is 1. The van der Waals surface area contributed by atoms with Gasteiger partial charge in [0.1, 0.15) is 0 Å². The molecular weight excluding hydrogens is 432 g/mol. The molecule has 1 amide bonds. The van der Waals surface area contributed by atoms with Crippen molar-refractivity contribution in [2.75, 3.05) is 15.7 Å². The van der Waals surface area contributed by atoms with E-state index < -0.39 is 5.12 Å². The van der Waals surface area contributed by atoms with Crippen molar-refractivity contribution in [3.63, 3.8) is 0 Å². The molecule has 1 spiro atoms. The molecule has 5 rings (SSSR count). The molecule has 0 aliphatic carbocycles. The maximum atomic E-state index is 13.5. The summed E-state index contributed by atoms with van der Waals surface area (Å²) in [5.41, 5.74) is 1.97. The molecule has 1 unspecified atom stereocenters. The minimum absolute atomic E-state index is 0.131. The van der Waals surface area contributed by atoms with Gasteiger partial charge >= 0.3 is 0 Å². The summed E-state index contributed by atoms with van der Waals surface area (Å²) in [5.74, 6) is 0.105. The van der Waals surface area contributed by atoms with Crippen molar-refractivity contribution in [1.29, 1.82) is 0 Å². The highest BCUT2D eigenvalue weighted by Gasteiger charge is 2.57. The standard InChI is InChI=1S/C23H17ClN4O2S/c24-17-11-13-19(14-12-17)28-23(25-20(29)15-31-23)27(18-9-5-2-6-10-18)22(26-28)21(30)16-7-3-1-4-8-16/h1-14H,15H2,(H,25,29). The van der Waals surface area contributed by atoms with Gasteiger partial charge in [0.15, 0.2) is 0 Å². The van der Waals surface area contributed by atoms with Gasteiger partial charge in [0, 0.05) is 16.3 Å². The van der Waals surface area contributed by atoms with Crippen molar-refractivity contribution >= 4 is 52.3 Å². The fraction of sp³-hybridized carbons (Fsp3) is 0.0870. The Labute approximate surface area is 188 Å². The van der Waals surface area contributed by atoms with Crippen LogP contribution < -0.4 is 15.2 Å². The van der Waals surface area contributed by atoms with Crippen LogP contribution in [0.1, 0.15) is 10.4 Å². The van der Waals surface area contributed by atoms with Crippen LogP contribution in [-0.2, 0) is 4.79 Å². The summed E-state index contributed by atoms with van der Waals surface area (Å²) in [6, 6.07) is 25.6. The summed E-state index contributed by atoms with van der Waals surface area (Å²) < 4.78 is 0. The second-order valence-corrected chi connectivity index (χ2v) is 8.61. The minimum atomic E-state index is -1.11. The Bertz CT molecular complexity index is 1170. The van der Waals surface area contributed by atoms with E-state index in [-0.39, 0.29) is 23.3 Å². The maximum absolute atomic E-state index is 13.5.